The summed E-state index contributed by atoms with van der Waals surface area (Å²) in [6, 6.07) is 0. The van der Waals surface area contributed by atoms with E-state index in [0.29, 0.717) is 4.75 Å². The van der Waals surface area contributed by atoms with Gasteiger partial charge >= 0.3 is 0 Å². The zero-order valence-electron chi connectivity index (χ0n) is 9.05. The van der Waals surface area contributed by atoms with Crippen molar-refractivity contribution in [3.05, 3.63) is 12.2 Å². The molecule has 1 rings (SSSR count). The monoisotopic (exact) mass is 186 g/mol. The largest absolute Gasteiger partial charge is 0.236 e. The predicted octanol–water partition coefficient (Wildman–Crippen LogP) is 3.57. The SMILES string of the molecule is CC(C)(C)S(C)(C)C1C=CCC1. The quantitative estimate of drug-likeness (QED) is 0.549. The van der Waals surface area contributed by atoms with Crippen LogP contribution in [0, 0.1) is 0 Å². The summed E-state index contributed by atoms with van der Waals surface area (Å²) in [6.45, 7) is 7.15. The predicted molar refractivity (Wildman–Crippen MR) is 61.4 cm³/mol. The van der Waals surface area contributed by atoms with Gasteiger partial charge in [-0.05, 0) is 30.1 Å². The van der Waals surface area contributed by atoms with Gasteiger partial charge in [-0.3, -0.25) is 0 Å². The summed E-state index contributed by atoms with van der Waals surface area (Å²) in [5.41, 5.74) is 0. The lowest BCUT2D eigenvalue weighted by atomic mass is 10.3. The number of allylic oxidation sites excluding steroid dienone is 1. The summed E-state index contributed by atoms with van der Waals surface area (Å²) in [5, 5.41) is 0.873. The lowest BCUT2D eigenvalue weighted by molar-refractivity contribution is 0.772. The van der Waals surface area contributed by atoms with Gasteiger partial charge in [0.05, 0.1) is 0 Å². The van der Waals surface area contributed by atoms with Crippen LogP contribution < -0.4 is 0 Å². The van der Waals surface area contributed by atoms with Gasteiger partial charge in [-0.25, -0.2) is 10.0 Å². The van der Waals surface area contributed by atoms with Crippen LogP contribution in [0.4, 0.5) is 0 Å². The first-order chi connectivity index (χ1) is 5.36. The van der Waals surface area contributed by atoms with E-state index in [4.69, 9.17) is 0 Å². The molecule has 0 aromatic rings. The molecule has 0 bridgehead atoms. The Morgan fingerprint density at radius 2 is 1.83 bits per heavy atom. The molecule has 1 unspecified atom stereocenters. The van der Waals surface area contributed by atoms with E-state index >= 15 is 0 Å². The number of hydrogen-bond donors (Lipinski definition) is 0. The maximum Gasteiger partial charge on any atom is 0.00713 e. The van der Waals surface area contributed by atoms with Crippen LogP contribution in [0.25, 0.3) is 0 Å². The van der Waals surface area contributed by atoms with E-state index in [0.717, 1.165) is 5.25 Å². The van der Waals surface area contributed by atoms with Crippen molar-refractivity contribution >= 4 is 10.0 Å². The van der Waals surface area contributed by atoms with Gasteiger partial charge in [0, 0.05) is 5.25 Å². The van der Waals surface area contributed by atoms with Crippen molar-refractivity contribution in [3.63, 3.8) is 0 Å². The topological polar surface area (TPSA) is 0 Å². The van der Waals surface area contributed by atoms with Gasteiger partial charge in [-0.15, -0.1) is 0 Å². The molecule has 0 saturated heterocycles. The van der Waals surface area contributed by atoms with Gasteiger partial charge in [0.2, 0.25) is 0 Å². The third-order valence-corrected chi connectivity index (χ3v) is 8.37. The van der Waals surface area contributed by atoms with Crippen LogP contribution in [0.5, 0.6) is 0 Å². The highest BCUT2D eigenvalue weighted by Crippen LogP contribution is 2.59. The molecule has 0 aliphatic heterocycles. The molecule has 1 heteroatoms. The summed E-state index contributed by atoms with van der Waals surface area (Å²) >= 11 is 0. The van der Waals surface area contributed by atoms with Crippen molar-refractivity contribution in [1.82, 2.24) is 0 Å². The molecule has 0 aromatic carbocycles. The summed E-state index contributed by atoms with van der Waals surface area (Å²) < 4.78 is 0.492. The van der Waals surface area contributed by atoms with Gasteiger partial charge < -0.3 is 0 Å². The fraction of sp³-hybridized carbons (Fsp3) is 0.818. The van der Waals surface area contributed by atoms with E-state index < -0.39 is 10.0 Å². The Hall–Kier alpha value is 0.0900. The zero-order chi connectivity index (χ0) is 9.41. The molecule has 1 aliphatic rings. The smallest absolute Gasteiger partial charge is 0.00713 e. The van der Waals surface area contributed by atoms with Crippen LogP contribution in [-0.2, 0) is 0 Å². The molecule has 0 saturated carbocycles. The van der Waals surface area contributed by atoms with E-state index in [2.05, 4.69) is 45.4 Å². The Morgan fingerprint density at radius 1 is 1.25 bits per heavy atom. The molecular formula is C11H22S. The third kappa shape index (κ3) is 1.71. The number of hydrogen-bond acceptors (Lipinski definition) is 0. The van der Waals surface area contributed by atoms with E-state index in [1.54, 1.807) is 0 Å². The average Bonchev–Trinajstić information content (AvgIpc) is 2.34. The Morgan fingerprint density at radius 3 is 2.17 bits per heavy atom. The van der Waals surface area contributed by atoms with E-state index in [1.807, 2.05) is 0 Å². The molecule has 0 heterocycles. The molecule has 0 amide bonds. The van der Waals surface area contributed by atoms with Crippen molar-refractivity contribution in [3.8, 4) is 0 Å². The maximum atomic E-state index is 2.48. The first-order valence-electron chi connectivity index (χ1n) is 4.74. The van der Waals surface area contributed by atoms with Crippen LogP contribution in [0.2, 0.25) is 0 Å². The Kier molecular flexibility index (Phi) is 2.63. The van der Waals surface area contributed by atoms with Gasteiger partial charge in [0.1, 0.15) is 0 Å². The molecule has 12 heavy (non-hydrogen) atoms. The first-order valence-corrected chi connectivity index (χ1v) is 7.25. The normalized spacial score (nSPS) is 26.2. The van der Waals surface area contributed by atoms with Crippen LogP contribution in [0.3, 0.4) is 0 Å². The molecule has 72 valence electrons. The molecule has 1 atom stereocenters. The third-order valence-electron chi connectivity index (χ3n) is 3.30. The lowest BCUT2D eigenvalue weighted by Crippen LogP contribution is -2.30. The van der Waals surface area contributed by atoms with Crippen LogP contribution in [0.15, 0.2) is 12.2 Å². The second-order valence-corrected chi connectivity index (χ2v) is 9.70. The van der Waals surface area contributed by atoms with E-state index in [9.17, 15) is 0 Å². The van der Waals surface area contributed by atoms with Crippen molar-refractivity contribution in [1.29, 1.82) is 0 Å². The minimum atomic E-state index is -0.463. The maximum absolute atomic E-state index is 2.48. The summed E-state index contributed by atoms with van der Waals surface area (Å²) in [5.74, 6) is 0. The summed E-state index contributed by atoms with van der Waals surface area (Å²) in [4.78, 5) is 0. The second-order valence-electron chi connectivity index (χ2n) is 5.06. The van der Waals surface area contributed by atoms with Crippen molar-refractivity contribution in [2.75, 3.05) is 12.5 Å². The Bertz CT molecular complexity index is 184. The second kappa shape index (κ2) is 3.10. The van der Waals surface area contributed by atoms with Gasteiger partial charge in [0.15, 0.2) is 0 Å². The van der Waals surface area contributed by atoms with Crippen molar-refractivity contribution in [2.24, 2.45) is 0 Å². The Balaban J connectivity index is 2.77. The summed E-state index contributed by atoms with van der Waals surface area (Å²) in [7, 11) is -0.463. The average molecular weight is 186 g/mol. The van der Waals surface area contributed by atoms with Crippen molar-refractivity contribution < 1.29 is 0 Å². The van der Waals surface area contributed by atoms with Gasteiger partial charge in [0.25, 0.3) is 0 Å². The van der Waals surface area contributed by atoms with Crippen LogP contribution >= 0.6 is 10.0 Å². The van der Waals surface area contributed by atoms with Crippen molar-refractivity contribution in [2.45, 2.75) is 43.6 Å². The molecule has 1 aliphatic carbocycles. The zero-order valence-corrected chi connectivity index (χ0v) is 9.87. The first kappa shape index (κ1) is 10.2. The lowest BCUT2D eigenvalue weighted by Gasteiger charge is -2.48. The highest BCUT2D eigenvalue weighted by Gasteiger charge is 2.34. The highest BCUT2D eigenvalue weighted by atomic mass is 32.3. The van der Waals surface area contributed by atoms with Crippen LogP contribution in [0.1, 0.15) is 33.6 Å². The minimum Gasteiger partial charge on any atom is -0.236 e. The Labute approximate surface area is 78.8 Å². The minimum absolute atomic E-state index is 0.463. The van der Waals surface area contributed by atoms with Crippen LogP contribution in [-0.4, -0.2) is 22.5 Å². The molecule has 0 N–H and O–H groups in total. The van der Waals surface area contributed by atoms with Gasteiger partial charge in [-0.1, -0.05) is 32.9 Å². The standard InChI is InChI=1S/C11H22S/c1-11(2,3)12(4,5)10-8-6-7-9-10/h6,8,10H,7,9H2,1-5H3. The molecular weight excluding hydrogens is 164 g/mol. The van der Waals surface area contributed by atoms with Gasteiger partial charge in [-0.2, -0.15) is 0 Å². The molecule has 0 aromatic heterocycles. The summed E-state index contributed by atoms with van der Waals surface area (Å²) in [6.07, 6.45) is 12.4. The molecule has 0 fully saturated rings. The fourth-order valence-electron chi connectivity index (χ4n) is 1.55. The molecule has 0 spiro atoms. The molecule has 0 radical (unpaired) electrons. The highest BCUT2D eigenvalue weighted by molar-refractivity contribution is 8.34. The molecule has 0 nitrogen and oxygen atoms in total. The van der Waals surface area contributed by atoms with E-state index in [-0.39, 0.29) is 0 Å². The number of rotatable bonds is 1. The fourth-order valence-corrected chi connectivity index (χ4v) is 3.69. The van der Waals surface area contributed by atoms with E-state index in [1.165, 1.54) is 12.8 Å².